The zero-order valence-electron chi connectivity index (χ0n) is 14.9. The fraction of sp³-hybridized carbons (Fsp3) is 0.941. The van der Waals surface area contributed by atoms with Crippen molar-refractivity contribution >= 4 is 5.97 Å². The van der Waals surface area contributed by atoms with Crippen molar-refractivity contribution in [3.05, 3.63) is 0 Å². The van der Waals surface area contributed by atoms with Crippen molar-refractivity contribution in [3.8, 4) is 0 Å². The highest BCUT2D eigenvalue weighted by molar-refractivity contribution is 5.70. The summed E-state index contributed by atoms with van der Waals surface area (Å²) in [6, 6.07) is 0. The molecule has 1 aliphatic heterocycles. The molecule has 5 heteroatoms. The first kappa shape index (κ1) is 19.4. The van der Waals surface area contributed by atoms with E-state index in [0.717, 1.165) is 32.2 Å². The van der Waals surface area contributed by atoms with Gasteiger partial charge in [-0.3, -0.25) is 4.79 Å². The van der Waals surface area contributed by atoms with Gasteiger partial charge in [-0.1, -0.05) is 6.92 Å². The van der Waals surface area contributed by atoms with Crippen LogP contribution in [0.2, 0.25) is 0 Å². The van der Waals surface area contributed by atoms with Crippen LogP contribution in [0.4, 0.5) is 0 Å². The molecule has 0 aromatic carbocycles. The van der Waals surface area contributed by atoms with Crippen LogP contribution in [0.5, 0.6) is 0 Å². The minimum atomic E-state index is -1.03. The molecule has 5 nitrogen and oxygen atoms in total. The van der Waals surface area contributed by atoms with Crippen LogP contribution in [-0.2, 0) is 14.3 Å². The van der Waals surface area contributed by atoms with Crippen molar-refractivity contribution in [2.75, 3.05) is 33.9 Å². The second-order valence-corrected chi connectivity index (χ2v) is 7.25. The van der Waals surface area contributed by atoms with E-state index in [1.54, 1.807) is 6.92 Å². The molecular weight excluding hydrogens is 282 g/mol. The van der Waals surface area contributed by atoms with Crippen molar-refractivity contribution in [1.82, 2.24) is 4.90 Å². The van der Waals surface area contributed by atoms with Gasteiger partial charge in [0.15, 0.2) is 0 Å². The third kappa shape index (κ3) is 6.23. The average Bonchev–Trinajstić information content (AvgIpc) is 2.43. The van der Waals surface area contributed by atoms with Gasteiger partial charge >= 0.3 is 5.97 Å². The number of carbonyl (C=O) groups is 1. The molecule has 0 aromatic heterocycles. The lowest BCUT2D eigenvalue weighted by Gasteiger charge is -2.43. The quantitative estimate of drug-likeness (QED) is 0.550. The molecule has 0 amide bonds. The maximum absolute atomic E-state index is 11.9. The smallest absolute Gasteiger partial charge is 0.308 e. The van der Waals surface area contributed by atoms with Gasteiger partial charge < -0.3 is 19.5 Å². The molecule has 1 fully saturated rings. The monoisotopic (exact) mass is 315 g/mol. The fourth-order valence-corrected chi connectivity index (χ4v) is 2.96. The van der Waals surface area contributed by atoms with Gasteiger partial charge in [-0.2, -0.15) is 0 Å². The second-order valence-electron chi connectivity index (χ2n) is 7.25. The number of hydrogen-bond acceptors (Lipinski definition) is 5. The van der Waals surface area contributed by atoms with Crippen LogP contribution in [0.1, 0.15) is 52.9 Å². The van der Waals surface area contributed by atoms with E-state index in [-0.39, 0.29) is 23.9 Å². The van der Waals surface area contributed by atoms with Crippen molar-refractivity contribution in [1.29, 1.82) is 0 Å². The Kier molecular flexibility index (Phi) is 7.29. The molecule has 0 spiro atoms. The van der Waals surface area contributed by atoms with Crippen LogP contribution < -0.4 is 0 Å². The van der Waals surface area contributed by atoms with E-state index in [0.29, 0.717) is 13.2 Å². The zero-order valence-corrected chi connectivity index (χ0v) is 14.9. The Morgan fingerprint density at radius 3 is 2.77 bits per heavy atom. The summed E-state index contributed by atoms with van der Waals surface area (Å²) in [6.07, 6.45) is 3.35. The number of esters is 1. The first-order chi connectivity index (χ1) is 10.2. The molecule has 3 atom stereocenters. The molecule has 0 radical (unpaired) electrons. The number of rotatable bonds is 8. The summed E-state index contributed by atoms with van der Waals surface area (Å²) in [4.78, 5) is 14.0. The molecule has 0 unspecified atom stereocenters. The van der Waals surface area contributed by atoms with Gasteiger partial charge in [-0.15, -0.1) is 0 Å². The lowest BCUT2D eigenvalue weighted by atomic mass is 9.75. The lowest BCUT2D eigenvalue weighted by Crippen LogP contribution is -2.46. The Balaban J connectivity index is 2.43. The van der Waals surface area contributed by atoms with E-state index in [4.69, 9.17) is 9.47 Å². The maximum Gasteiger partial charge on any atom is 0.308 e. The van der Waals surface area contributed by atoms with Crippen LogP contribution in [0.25, 0.3) is 0 Å². The van der Waals surface area contributed by atoms with E-state index in [2.05, 4.69) is 18.7 Å². The normalized spacial score (nSPS) is 28.4. The molecule has 0 aromatic rings. The molecule has 130 valence electrons. The number of ether oxygens (including phenoxy) is 2. The number of nitrogens with zero attached hydrogens (tertiary/aromatic N) is 1. The number of carbonyl (C=O) groups excluding carboxylic acids is 1. The van der Waals surface area contributed by atoms with Gasteiger partial charge in [0.2, 0.25) is 0 Å². The summed E-state index contributed by atoms with van der Waals surface area (Å²) in [7, 11) is 3.98. The molecule has 1 aliphatic rings. The summed E-state index contributed by atoms with van der Waals surface area (Å²) in [5, 5.41) is 10.7. The van der Waals surface area contributed by atoms with Crippen LogP contribution >= 0.6 is 0 Å². The highest BCUT2D eigenvalue weighted by atomic mass is 16.5. The standard InChI is InChI=1S/C17H33NO4/c1-6-16(2)12-14(8-11-22-16)17(3,20)13-15(19)21-10-7-9-18(4)5/h14,20H,6-13H2,1-5H3/t14-,16+,17+/m0/s1. The highest BCUT2D eigenvalue weighted by Gasteiger charge is 2.42. The molecular formula is C17H33NO4. The van der Waals surface area contributed by atoms with E-state index in [9.17, 15) is 9.90 Å². The SMILES string of the molecule is CC[C@]1(C)C[C@@H]([C@](C)(O)CC(=O)OCCCN(C)C)CCO1. The summed E-state index contributed by atoms with van der Waals surface area (Å²) < 4.78 is 11.1. The Hall–Kier alpha value is -0.650. The molecule has 1 saturated heterocycles. The number of aliphatic hydroxyl groups is 1. The van der Waals surface area contributed by atoms with E-state index < -0.39 is 5.60 Å². The van der Waals surface area contributed by atoms with Crippen LogP contribution in [0, 0.1) is 5.92 Å². The lowest BCUT2D eigenvalue weighted by molar-refractivity contribution is -0.160. The third-order valence-electron chi connectivity index (χ3n) is 4.74. The Morgan fingerprint density at radius 1 is 1.50 bits per heavy atom. The van der Waals surface area contributed by atoms with Gasteiger partial charge in [0, 0.05) is 13.2 Å². The van der Waals surface area contributed by atoms with Gasteiger partial charge in [0.1, 0.15) is 0 Å². The topological polar surface area (TPSA) is 59.0 Å². The predicted octanol–water partition coefficient (Wildman–Crippen LogP) is 2.22. The van der Waals surface area contributed by atoms with Crippen LogP contribution in [-0.4, -0.2) is 61.0 Å². The predicted molar refractivity (Wildman–Crippen MR) is 86.7 cm³/mol. The first-order valence-corrected chi connectivity index (χ1v) is 8.35. The highest BCUT2D eigenvalue weighted by Crippen LogP contribution is 2.38. The first-order valence-electron chi connectivity index (χ1n) is 8.35. The Morgan fingerprint density at radius 2 is 2.18 bits per heavy atom. The Labute approximate surface area is 135 Å². The van der Waals surface area contributed by atoms with Crippen LogP contribution in [0.15, 0.2) is 0 Å². The largest absolute Gasteiger partial charge is 0.466 e. The molecule has 0 bridgehead atoms. The molecule has 1 N–H and O–H groups in total. The van der Waals surface area contributed by atoms with Crippen molar-refractivity contribution in [2.45, 2.75) is 64.1 Å². The minimum absolute atomic E-state index is 0.0550. The summed E-state index contributed by atoms with van der Waals surface area (Å²) in [5.41, 5.74) is -1.22. The van der Waals surface area contributed by atoms with E-state index >= 15 is 0 Å². The molecule has 1 heterocycles. The van der Waals surface area contributed by atoms with E-state index in [1.807, 2.05) is 14.1 Å². The molecule has 1 rings (SSSR count). The average molecular weight is 315 g/mol. The number of hydrogen-bond donors (Lipinski definition) is 1. The zero-order chi connectivity index (χ0) is 16.8. The molecule has 0 aliphatic carbocycles. The summed E-state index contributed by atoms with van der Waals surface area (Å²) >= 11 is 0. The third-order valence-corrected chi connectivity index (χ3v) is 4.74. The van der Waals surface area contributed by atoms with Crippen LogP contribution in [0.3, 0.4) is 0 Å². The maximum atomic E-state index is 11.9. The van der Waals surface area contributed by atoms with Crippen molar-refractivity contribution in [3.63, 3.8) is 0 Å². The van der Waals surface area contributed by atoms with E-state index in [1.165, 1.54) is 0 Å². The molecule has 0 saturated carbocycles. The molecule has 22 heavy (non-hydrogen) atoms. The van der Waals surface area contributed by atoms with Crippen molar-refractivity contribution in [2.24, 2.45) is 5.92 Å². The van der Waals surface area contributed by atoms with Gasteiger partial charge in [0.25, 0.3) is 0 Å². The van der Waals surface area contributed by atoms with Crippen molar-refractivity contribution < 1.29 is 19.4 Å². The Bertz CT molecular complexity index is 357. The van der Waals surface area contributed by atoms with Gasteiger partial charge in [-0.05, 0) is 59.5 Å². The van der Waals surface area contributed by atoms with Gasteiger partial charge in [-0.25, -0.2) is 0 Å². The van der Waals surface area contributed by atoms with Gasteiger partial charge in [0.05, 0.1) is 24.2 Å². The minimum Gasteiger partial charge on any atom is -0.466 e. The summed E-state index contributed by atoms with van der Waals surface area (Å²) in [5.74, 6) is -0.242. The summed E-state index contributed by atoms with van der Waals surface area (Å²) in [6.45, 7) is 7.86. The fourth-order valence-electron chi connectivity index (χ4n) is 2.96. The second kappa shape index (κ2) is 8.27.